The summed E-state index contributed by atoms with van der Waals surface area (Å²) in [5.74, 6) is 0.321. The highest BCUT2D eigenvalue weighted by atomic mass is 79.9. The lowest BCUT2D eigenvalue weighted by atomic mass is 9.76. The Hall–Kier alpha value is -0.740. The molecule has 1 saturated carbocycles. The molecule has 5 heteroatoms. The summed E-state index contributed by atoms with van der Waals surface area (Å²) in [6, 6.07) is 5.59. The fraction of sp³-hybridized carbons (Fsp3) is 0.533. The van der Waals surface area contributed by atoms with Crippen molar-refractivity contribution in [3.8, 4) is 0 Å². The Labute approximate surface area is 133 Å². The Kier molecular flexibility index (Phi) is 4.97. The SMILES string of the molecule is COC(=O)C1(Nc2ccc(Cl)c(Br)c2)CCCC(C)C1. The van der Waals surface area contributed by atoms with Crippen LogP contribution in [0.15, 0.2) is 22.7 Å². The average molecular weight is 361 g/mol. The van der Waals surface area contributed by atoms with Gasteiger partial charge in [0.2, 0.25) is 0 Å². The first-order valence-electron chi connectivity index (χ1n) is 6.78. The van der Waals surface area contributed by atoms with Crippen LogP contribution in [0, 0.1) is 5.92 Å². The normalized spacial score (nSPS) is 26.1. The lowest BCUT2D eigenvalue weighted by Crippen LogP contribution is -2.50. The van der Waals surface area contributed by atoms with E-state index in [1.807, 2.05) is 18.2 Å². The Balaban J connectivity index is 2.27. The molecule has 0 aromatic heterocycles. The molecule has 2 rings (SSSR count). The molecule has 0 amide bonds. The quantitative estimate of drug-likeness (QED) is 0.798. The van der Waals surface area contributed by atoms with Crippen molar-refractivity contribution in [2.75, 3.05) is 12.4 Å². The lowest BCUT2D eigenvalue weighted by Gasteiger charge is -2.39. The molecule has 3 nitrogen and oxygen atoms in total. The van der Waals surface area contributed by atoms with Gasteiger partial charge in [-0.2, -0.15) is 0 Å². The van der Waals surface area contributed by atoms with E-state index in [0.29, 0.717) is 10.9 Å². The van der Waals surface area contributed by atoms with Crippen LogP contribution >= 0.6 is 27.5 Å². The van der Waals surface area contributed by atoms with Gasteiger partial charge in [-0.1, -0.05) is 31.4 Å². The number of methoxy groups -OCH3 is 1. The van der Waals surface area contributed by atoms with E-state index < -0.39 is 5.54 Å². The summed E-state index contributed by atoms with van der Waals surface area (Å²) < 4.78 is 5.84. The van der Waals surface area contributed by atoms with Crippen molar-refractivity contribution in [2.45, 2.75) is 38.1 Å². The number of anilines is 1. The Morgan fingerprint density at radius 3 is 2.90 bits per heavy atom. The first kappa shape index (κ1) is 15.6. The standard InChI is InChI=1S/C15H19BrClNO2/c1-10-4-3-7-15(9-10,14(19)20-2)18-11-5-6-13(17)12(16)8-11/h5-6,8,10,18H,3-4,7,9H2,1-2H3. The molecule has 0 radical (unpaired) electrons. The number of hydrogen-bond acceptors (Lipinski definition) is 3. The number of esters is 1. The molecule has 1 aromatic rings. The van der Waals surface area contributed by atoms with Gasteiger partial charge in [-0.15, -0.1) is 0 Å². The molecule has 0 heterocycles. The zero-order chi connectivity index (χ0) is 14.8. The minimum Gasteiger partial charge on any atom is -0.467 e. The van der Waals surface area contributed by atoms with Gasteiger partial charge in [0.15, 0.2) is 0 Å². The molecule has 0 saturated heterocycles. The van der Waals surface area contributed by atoms with Crippen LogP contribution in [-0.2, 0) is 9.53 Å². The highest BCUT2D eigenvalue weighted by Crippen LogP contribution is 2.37. The van der Waals surface area contributed by atoms with Gasteiger partial charge < -0.3 is 10.1 Å². The van der Waals surface area contributed by atoms with Gasteiger partial charge in [0.1, 0.15) is 5.54 Å². The average Bonchev–Trinajstić information content (AvgIpc) is 2.42. The number of carbonyl (C=O) groups excluding carboxylic acids is 1. The van der Waals surface area contributed by atoms with Crippen molar-refractivity contribution in [1.82, 2.24) is 0 Å². The maximum Gasteiger partial charge on any atom is 0.331 e. The fourth-order valence-corrected chi connectivity index (χ4v) is 3.44. The summed E-state index contributed by atoms with van der Waals surface area (Å²) in [7, 11) is 1.45. The number of hydrogen-bond donors (Lipinski definition) is 1. The van der Waals surface area contributed by atoms with Crippen LogP contribution in [0.3, 0.4) is 0 Å². The number of ether oxygens (including phenoxy) is 1. The van der Waals surface area contributed by atoms with E-state index in [1.165, 1.54) is 7.11 Å². The lowest BCUT2D eigenvalue weighted by molar-refractivity contribution is -0.147. The Bertz CT molecular complexity index is 509. The minimum absolute atomic E-state index is 0.185. The van der Waals surface area contributed by atoms with E-state index in [4.69, 9.17) is 16.3 Å². The summed E-state index contributed by atoms with van der Waals surface area (Å²) >= 11 is 9.41. The van der Waals surface area contributed by atoms with Gasteiger partial charge in [-0.25, -0.2) is 4.79 Å². The number of nitrogens with one attached hydrogen (secondary N) is 1. The van der Waals surface area contributed by atoms with Crippen molar-refractivity contribution in [1.29, 1.82) is 0 Å². The second-order valence-electron chi connectivity index (χ2n) is 5.53. The topological polar surface area (TPSA) is 38.3 Å². The highest BCUT2D eigenvalue weighted by Gasteiger charge is 2.42. The van der Waals surface area contributed by atoms with Gasteiger partial charge in [0.05, 0.1) is 12.1 Å². The van der Waals surface area contributed by atoms with Gasteiger partial charge in [-0.3, -0.25) is 0 Å². The molecule has 110 valence electrons. The van der Waals surface area contributed by atoms with Crippen LogP contribution in [-0.4, -0.2) is 18.6 Å². The number of carbonyl (C=O) groups is 1. The first-order valence-corrected chi connectivity index (χ1v) is 7.95. The minimum atomic E-state index is -0.625. The molecule has 1 fully saturated rings. The van der Waals surface area contributed by atoms with E-state index in [9.17, 15) is 4.79 Å². The van der Waals surface area contributed by atoms with Crippen molar-refractivity contribution < 1.29 is 9.53 Å². The molecular weight excluding hydrogens is 342 g/mol. The van der Waals surface area contributed by atoms with Crippen LogP contribution in [0.5, 0.6) is 0 Å². The second-order valence-corrected chi connectivity index (χ2v) is 6.79. The van der Waals surface area contributed by atoms with Gasteiger partial charge in [0, 0.05) is 10.2 Å². The highest BCUT2D eigenvalue weighted by molar-refractivity contribution is 9.10. The molecule has 0 aliphatic heterocycles. The predicted molar refractivity (Wildman–Crippen MR) is 85.2 cm³/mol. The third-order valence-corrected chi connectivity index (χ3v) is 5.09. The molecule has 20 heavy (non-hydrogen) atoms. The second kappa shape index (κ2) is 6.35. The van der Waals surface area contributed by atoms with Crippen molar-refractivity contribution in [2.24, 2.45) is 5.92 Å². The van der Waals surface area contributed by atoms with E-state index in [-0.39, 0.29) is 5.97 Å². The first-order chi connectivity index (χ1) is 9.47. The van der Waals surface area contributed by atoms with Gasteiger partial charge >= 0.3 is 5.97 Å². The molecule has 1 N–H and O–H groups in total. The molecule has 1 aliphatic carbocycles. The maximum absolute atomic E-state index is 12.3. The molecular formula is C15H19BrClNO2. The van der Waals surface area contributed by atoms with Crippen LogP contribution in [0.1, 0.15) is 32.6 Å². The van der Waals surface area contributed by atoms with E-state index >= 15 is 0 Å². The molecule has 1 aliphatic rings. The van der Waals surface area contributed by atoms with E-state index in [1.54, 1.807) is 0 Å². The summed E-state index contributed by atoms with van der Waals surface area (Å²) in [6.45, 7) is 2.18. The van der Waals surface area contributed by atoms with E-state index in [2.05, 4.69) is 28.2 Å². The molecule has 2 unspecified atom stereocenters. The molecule has 1 aromatic carbocycles. The number of rotatable bonds is 3. The van der Waals surface area contributed by atoms with Gasteiger partial charge in [0.25, 0.3) is 0 Å². The van der Waals surface area contributed by atoms with Crippen molar-refractivity contribution in [3.05, 3.63) is 27.7 Å². The van der Waals surface area contributed by atoms with Gasteiger partial charge in [-0.05, 0) is 52.9 Å². The summed E-state index contributed by atoms with van der Waals surface area (Å²) in [5, 5.41) is 4.03. The fourth-order valence-electron chi connectivity index (χ4n) is 2.95. The summed E-state index contributed by atoms with van der Waals surface area (Å²) in [5.41, 5.74) is 0.250. The van der Waals surface area contributed by atoms with Crippen LogP contribution in [0.25, 0.3) is 0 Å². The third-order valence-electron chi connectivity index (χ3n) is 3.88. The smallest absolute Gasteiger partial charge is 0.331 e. The van der Waals surface area contributed by atoms with Crippen molar-refractivity contribution in [3.63, 3.8) is 0 Å². The monoisotopic (exact) mass is 359 g/mol. The van der Waals surface area contributed by atoms with Crippen LogP contribution in [0.2, 0.25) is 5.02 Å². The molecule has 2 atom stereocenters. The maximum atomic E-state index is 12.3. The number of halogens is 2. The number of benzene rings is 1. The molecule has 0 bridgehead atoms. The van der Waals surface area contributed by atoms with E-state index in [0.717, 1.165) is 35.8 Å². The van der Waals surface area contributed by atoms with Crippen LogP contribution < -0.4 is 5.32 Å². The molecule has 0 spiro atoms. The predicted octanol–water partition coefficient (Wildman–Crippen LogP) is 4.64. The largest absolute Gasteiger partial charge is 0.467 e. The zero-order valence-electron chi connectivity index (χ0n) is 11.7. The third kappa shape index (κ3) is 3.29. The summed E-state index contributed by atoms with van der Waals surface area (Å²) in [4.78, 5) is 12.3. The Morgan fingerprint density at radius 2 is 2.30 bits per heavy atom. The van der Waals surface area contributed by atoms with Crippen LogP contribution in [0.4, 0.5) is 5.69 Å². The summed E-state index contributed by atoms with van der Waals surface area (Å²) in [6.07, 6.45) is 3.77. The van der Waals surface area contributed by atoms with Crippen molar-refractivity contribution >= 4 is 39.2 Å². The Morgan fingerprint density at radius 1 is 1.55 bits per heavy atom. The zero-order valence-corrected chi connectivity index (χ0v) is 14.1.